The van der Waals surface area contributed by atoms with Crippen LogP contribution in [0.2, 0.25) is 0 Å². The van der Waals surface area contributed by atoms with Crippen LogP contribution in [0, 0.1) is 0 Å². The highest BCUT2D eigenvalue weighted by Gasteiger charge is 2.39. The Kier molecular flexibility index (Phi) is 7.21. The normalized spacial score (nSPS) is 17.9. The highest BCUT2D eigenvalue weighted by molar-refractivity contribution is 6.04. The van der Waals surface area contributed by atoms with Gasteiger partial charge in [-0.05, 0) is 29.7 Å². The van der Waals surface area contributed by atoms with Crippen LogP contribution in [-0.4, -0.2) is 25.0 Å². The van der Waals surface area contributed by atoms with Crippen LogP contribution in [0.4, 0.5) is 11.4 Å². The van der Waals surface area contributed by atoms with Gasteiger partial charge in [0, 0.05) is 11.1 Å². The summed E-state index contributed by atoms with van der Waals surface area (Å²) in [6.45, 7) is 1.70. The molecule has 39 heavy (non-hydrogen) atoms. The molecule has 0 saturated carbocycles. The standard InChI is InChI=1S/C33H30N2O4/c36-32-30(26-16-7-9-18-28(26)34(32)22-24-12-3-1-4-13-24)38-20-11-21-39-31-27-17-8-10-19-29(27)35(33(31)37)23-25-14-5-2-6-15-25/h1-10,12-19,30-31H,11,20-23H2. The number of hydrogen-bond donors (Lipinski definition) is 0. The summed E-state index contributed by atoms with van der Waals surface area (Å²) in [6.07, 6.45) is -0.713. The number of para-hydroxylation sites is 2. The molecule has 196 valence electrons. The molecule has 0 aliphatic carbocycles. The Morgan fingerprint density at radius 3 is 1.33 bits per heavy atom. The molecule has 0 bridgehead atoms. The highest BCUT2D eigenvalue weighted by atomic mass is 16.5. The number of anilines is 2. The van der Waals surface area contributed by atoms with Crippen molar-refractivity contribution in [2.75, 3.05) is 23.0 Å². The summed E-state index contributed by atoms with van der Waals surface area (Å²) < 4.78 is 12.2. The van der Waals surface area contributed by atoms with Crippen LogP contribution in [0.25, 0.3) is 0 Å². The average Bonchev–Trinajstić information content (AvgIpc) is 3.40. The van der Waals surface area contributed by atoms with Crippen molar-refractivity contribution in [3.63, 3.8) is 0 Å². The Bertz CT molecular complexity index is 1350. The van der Waals surface area contributed by atoms with Gasteiger partial charge in [0.05, 0.1) is 37.7 Å². The predicted octanol–water partition coefficient (Wildman–Crippen LogP) is 5.99. The minimum absolute atomic E-state index is 0.0579. The predicted molar refractivity (Wildman–Crippen MR) is 150 cm³/mol. The number of carbonyl (C=O) groups is 2. The lowest BCUT2D eigenvalue weighted by molar-refractivity contribution is -0.131. The van der Waals surface area contributed by atoms with Gasteiger partial charge < -0.3 is 19.3 Å². The van der Waals surface area contributed by atoms with Crippen LogP contribution in [0.1, 0.15) is 40.9 Å². The minimum Gasteiger partial charge on any atom is -0.363 e. The second-order valence-electron chi connectivity index (χ2n) is 9.79. The zero-order chi connectivity index (χ0) is 26.6. The Morgan fingerprint density at radius 2 is 0.897 bits per heavy atom. The van der Waals surface area contributed by atoms with Crippen molar-refractivity contribution in [3.05, 3.63) is 131 Å². The number of carbonyl (C=O) groups excluding carboxylic acids is 2. The van der Waals surface area contributed by atoms with E-state index >= 15 is 0 Å². The summed E-state index contributed by atoms with van der Waals surface area (Å²) in [5, 5.41) is 0. The van der Waals surface area contributed by atoms with Gasteiger partial charge in [-0.25, -0.2) is 0 Å². The molecule has 2 aliphatic heterocycles. The number of nitrogens with zero attached hydrogens (tertiary/aromatic N) is 2. The molecular weight excluding hydrogens is 488 g/mol. The molecule has 0 fully saturated rings. The molecular formula is C33H30N2O4. The molecule has 6 nitrogen and oxygen atoms in total. The van der Waals surface area contributed by atoms with Crippen LogP contribution < -0.4 is 9.80 Å². The summed E-state index contributed by atoms with van der Waals surface area (Å²) in [5.74, 6) is -0.116. The van der Waals surface area contributed by atoms with Gasteiger partial charge in [-0.3, -0.25) is 9.59 Å². The number of benzene rings is 4. The molecule has 0 N–H and O–H groups in total. The minimum atomic E-state index is -0.639. The SMILES string of the molecule is O=C1C(OCCCOC2C(=O)N(Cc3ccccc3)c3ccccc32)c2ccccc2N1Cc1ccccc1. The lowest BCUT2D eigenvalue weighted by Gasteiger charge is -2.18. The molecule has 2 aliphatic rings. The zero-order valence-electron chi connectivity index (χ0n) is 21.6. The smallest absolute Gasteiger partial charge is 0.261 e. The van der Waals surface area contributed by atoms with E-state index in [-0.39, 0.29) is 11.8 Å². The van der Waals surface area contributed by atoms with Crippen LogP contribution in [0.15, 0.2) is 109 Å². The van der Waals surface area contributed by atoms with Crippen LogP contribution in [-0.2, 0) is 32.2 Å². The van der Waals surface area contributed by atoms with E-state index < -0.39 is 12.2 Å². The molecule has 0 radical (unpaired) electrons. The highest BCUT2D eigenvalue weighted by Crippen LogP contribution is 2.40. The zero-order valence-corrected chi connectivity index (χ0v) is 21.6. The van der Waals surface area contributed by atoms with Gasteiger partial charge in [0.2, 0.25) is 0 Å². The van der Waals surface area contributed by atoms with Crippen molar-refractivity contribution < 1.29 is 19.1 Å². The summed E-state index contributed by atoms with van der Waals surface area (Å²) in [7, 11) is 0. The Hall–Kier alpha value is -4.26. The van der Waals surface area contributed by atoms with Gasteiger partial charge >= 0.3 is 0 Å². The lowest BCUT2D eigenvalue weighted by Crippen LogP contribution is -2.30. The van der Waals surface area contributed by atoms with Crippen molar-refractivity contribution in [1.29, 1.82) is 0 Å². The number of amides is 2. The number of hydrogen-bond acceptors (Lipinski definition) is 4. The van der Waals surface area contributed by atoms with Crippen LogP contribution in [0.5, 0.6) is 0 Å². The Morgan fingerprint density at radius 1 is 0.513 bits per heavy atom. The third-order valence-corrected chi connectivity index (χ3v) is 7.23. The van der Waals surface area contributed by atoms with E-state index in [1.807, 2.05) is 109 Å². The van der Waals surface area contributed by atoms with E-state index in [2.05, 4.69) is 0 Å². The van der Waals surface area contributed by atoms with Crippen molar-refractivity contribution in [2.45, 2.75) is 31.7 Å². The van der Waals surface area contributed by atoms with Gasteiger partial charge in [0.1, 0.15) is 0 Å². The molecule has 0 saturated heterocycles. The molecule has 6 heteroatoms. The van der Waals surface area contributed by atoms with Crippen LogP contribution in [0.3, 0.4) is 0 Å². The fraction of sp³-hybridized carbons (Fsp3) is 0.212. The molecule has 4 aromatic rings. The molecule has 2 heterocycles. The van der Waals surface area contributed by atoms with Gasteiger partial charge in [-0.2, -0.15) is 0 Å². The Labute approximate surface area is 228 Å². The molecule has 2 amide bonds. The number of rotatable bonds is 10. The number of ether oxygens (including phenoxy) is 2. The van der Waals surface area contributed by atoms with E-state index in [1.54, 1.807) is 9.80 Å². The third kappa shape index (κ3) is 5.09. The fourth-order valence-corrected chi connectivity index (χ4v) is 5.34. The molecule has 2 unspecified atom stereocenters. The third-order valence-electron chi connectivity index (χ3n) is 7.23. The number of fused-ring (bicyclic) bond motifs is 2. The maximum atomic E-state index is 13.3. The molecule has 4 aromatic carbocycles. The second-order valence-corrected chi connectivity index (χ2v) is 9.79. The van der Waals surface area contributed by atoms with Gasteiger partial charge in [0.15, 0.2) is 12.2 Å². The molecule has 0 aromatic heterocycles. The first-order chi connectivity index (χ1) is 19.2. The van der Waals surface area contributed by atoms with Crippen LogP contribution >= 0.6 is 0 Å². The lowest BCUT2D eigenvalue weighted by atomic mass is 10.1. The second kappa shape index (κ2) is 11.2. The van der Waals surface area contributed by atoms with E-state index in [0.717, 1.165) is 33.6 Å². The van der Waals surface area contributed by atoms with E-state index in [0.29, 0.717) is 32.7 Å². The maximum absolute atomic E-state index is 13.3. The summed E-state index contributed by atoms with van der Waals surface area (Å²) >= 11 is 0. The molecule has 2 atom stereocenters. The maximum Gasteiger partial charge on any atom is 0.261 e. The largest absolute Gasteiger partial charge is 0.363 e. The first kappa shape index (κ1) is 25.0. The van der Waals surface area contributed by atoms with Crippen molar-refractivity contribution >= 4 is 23.2 Å². The van der Waals surface area contributed by atoms with E-state index in [4.69, 9.17) is 9.47 Å². The molecule has 6 rings (SSSR count). The summed E-state index contributed by atoms with van der Waals surface area (Å²) in [4.78, 5) is 30.2. The quantitative estimate of drug-likeness (QED) is 0.242. The first-order valence-electron chi connectivity index (χ1n) is 13.3. The van der Waals surface area contributed by atoms with Gasteiger partial charge in [-0.15, -0.1) is 0 Å². The average molecular weight is 519 g/mol. The molecule has 0 spiro atoms. The van der Waals surface area contributed by atoms with E-state index in [9.17, 15) is 9.59 Å². The fourth-order valence-electron chi connectivity index (χ4n) is 5.34. The van der Waals surface area contributed by atoms with Gasteiger partial charge in [0.25, 0.3) is 11.8 Å². The monoisotopic (exact) mass is 518 g/mol. The summed E-state index contributed by atoms with van der Waals surface area (Å²) in [6, 6.07) is 35.5. The van der Waals surface area contributed by atoms with Gasteiger partial charge in [-0.1, -0.05) is 97.1 Å². The Balaban J connectivity index is 1.06. The van der Waals surface area contributed by atoms with E-state index in [1.165, 1.54) is 0 Å². The van der Waals surface area contributed by atoms with Crippen molar-refractivity contribution in [3.8, 4) is 0 Å². The van der Waals surface area contributed by atoms with Crippen molar-refractivity contribution in [2.24, 2.45) is 0 Å². The van der Waals surface area contributed by atoms with Crippen molar-refractivity contribution in [1.82, 2.24) is 0 Å². The summed E-state index contributed by atoms with van der Waals surface area (Å²) in [5.41, 5.74) is 5.68. The first-order valence-corrected chi connectivity index (χ1v) is 13.3. The topological polar surface area (TPSA) is 59.1 Å².